The van der Waals surface area contributed by atoms with Gasteiger partial charge in [0, 0.05) is 5.69 Å². The lowest BCUT2D eigenvalue weighted by atomic mass is 10.0. The number of nitrogens with one attached hydrogen (secondary N) is 1. The van der Waals surface area contributed by atoms with Gasteiger partial charge < -0.3 is 14.8 Å². The van der Waals surface area contributed by atoms with E-state index in [1.807, 2.05) is 26.0 Å². The lowest BCUT2D eigenvalue weighted by Gasteiger charge is -2.34. The van der Waals surface area contributed by atoms with Crippen LogP contribution in [0.1, 0.15) is 23.6 Å². The molecule has 1 N–H and O–H groups in total. The van der Waals surface area contributed by atoms with E-state index in [0.717, 1.165) is 20.9 Å². The van der Waals surface area contributed by atoms with Gasteiger partial charge in [0.1, 0.15) is 5.57 Å². The number of hydrogen-bond donors (Lipinski definition) is 1. The summed E-state index contributed by atoms with van der Waals surface area (Å²) in [4.78, 5) is 55.6. The van der Waals surface area contributed by atoms with Crippen LogP contribution in [0.25, 0.3) is 6.08 Å². The molecule has 0 radical (unpaired) electrons. The predicted molar refractivity (Wildman–Crippen MR) is 174 cm³/mol. The normalized spacial score (nSPS) is 13.2. The maximum absolute atomic E-state index is 13.7. The highest BCUT2D eigenvalue weighted by Crippen LogP contribution is 2.38. The standard InChI is InChI=1S/C35H30ClN3O6/c1-4-44-30-20-24(19-28(36)32(30)45-21-31(40)37-29-17-11-12-22(2)23(29)3)18-27-33(41)38(25-13-7-5-8-14-25)35(43)39(34(27)42)26-15-9-6-10-16-26/h5-20H,4,21H2,1-3H3,(H,37,40). The van der Waals surface area contributed by atoms with Gasteiger partial charge in [0.15, 0.2) is 18.1 Å². The Morgan fingerprint density at radius 2 is 1.42 bits per heavy atom. The predicted octanol–water partition coefficient (Wildman–Crippen LogP) is 6.96. The molecule has 45 heavy (non-hydrogen) atoms. The largest absolute Gasteiger partial charge is 0.490 e. The number of carbonyl (C=O) groups excluding carboxylic acids is 4. The number of hydrogen-bond acceptors (Lipinski definition) is 6. The van der Waals surface area contributed by atoms with Crippen molar-refractivity contribution in [2.45, 2.75) is 20.8 Å². The minimum absolute atomic E-state index is 0.0963. The SMILES string of the molecule is CCOc1cc(C=C2C(=O)N(c3ccccc3)C(=O)N(c3ccccc3)C2=O)cc(Cl)c1OCC(=O)Nc1cccc(C)c1C. The van der Waals surface area contributed by atoms with Crippen LogP contribution in [-0.4, -0.2) is 37.0 Å². The minimum atomic E-state index is -0.796. The first-order valence-corrected chi connectivity index (χ1v) is 14.6. The first-order chi connectivity index (χ1) is 21.7. The number of anilines is 3. The average molecular weight is 624 g/mol. The van der Waals surface area contributed by atoms with E-state index in [-0.39, 0.29) is 35.3 Å². The molecule has 228 valence electrons. The number of aryl methyl sites for hydroxylation is 1. The van der Waals surface area contributed by atoms with Gasteiger partial charge >= 0.3 is 6.03 Å². The van der Waals surface area contributed by atoms with Crippen molar-refractivity contribution in [2.75, 3.05) is 28.3 Å². The zero-order chi connectivity index (χ0) is 32.1. The van der Waals surface area contributed by atoms with E-state index in [1.54, 1.807) is 79.7 Å². The topological polar surface area (TPSA) is 105 Å². The van der Waals surface area contributed by atoms with Crippen LogP contribution in [0.2, 0.25) is 5.02 Å². The van der Waals surface area contributed by atoms with Gasteiger partial charge in [0.05, 0.1) is 23.0 Å². The molecule has 1 aliphatic rings. The van der Waals surface area contributed by atoms with Crippen molar-refractivity contribution in [3.05, 3.63) is 118 Å². The molecule has 1 saturated heterocycles. The number of para-hydroxylation sites is 2. The van der Waals surface area contributed by atoms with Crippen LogP contribution in [-0.2, 0) is 14.4 Å². The summed E-state index contributed by atoms with van der Waals surface area (Å²) < 4.78 is 11.6. The fourth-order valence-electron chi connectivity index (χ4n) is 4.79. The summed E-state index contributed by atoms with van der Waals surface area (Å²) in [6.45, 7) is 5.55. The van der Waals surface area contributed by atoms with Crippen molar-refractivity contribution in [3.8, 4) is 11.5 Å². The third kappa shape index (κ3) is 6.58. The van der Waals surface area contributed by atoms with Crippen LogP contribution in [0.15, 0.2) is 96.6 Å². The highest BCUT2D eigenvalue weighted by atomic mass is 35.5. The van der Waals surface area contributed by atoms with Gasteiger partial charge in [-0.05, 0) is 86.0 Å². The van der Waals surface area contributed by atoms with Gasteiger partial charge in [-0.25, -0.2) is 14.6 Å². The molecule has 0 aliphatic carbocycles. The van der Waals surface area contributed by atoms with E-state index in [1.165, 1.54) is 12.1 Å². The summed E-state index contributed by atoms with van der Waals surface area (Å²) in [5.41, 5.74) is 3.37. The second kappa shape index (κ2) is 13.5. The number of ether oxygens (including phenoxy) is 2. The Bertz CT molecular complexity index is 1740. The molecule has 0 unspecified atom stereocenters. The van der Waals surface area contributed by atoms with E-state index < -0.39 is 23.8 Å². The van der Waals surface area contributed by atoms with Crippen molar-refractivity contribution in [3.63, 3.8) is 0 Å². The molecule has 0 bridgehead atoms. The van der Waals surface area contributed by atoms with E-state index in [2.05, 4.69) is 5.32 Å². The molecule has 10 heteroatoms. The monoisotopic (exact) mass is 623 g/mol. The van der Waals surface area contributed by atoms with Crippen molar-refractivity contribution in [1.29, 1.82) is 0 Å². The zero-order valence-corrected chi connectivity index (χ0v) is 25.6. The highest BCUT2D eigenvalue weighted by Gasteiger charge is 2.43. The van der Waals surface area contributed by atoms with Crippen molar-refractivity contribution in [2.24, 2.45) is 0 Å². The van der Waals surface area contributed by atoms with Crippen LogP contribution < -0.4 is 24.6 Å². The molecular weight excluding hydrogens is 594 g/mol. The Hall–Kier alpha value is -5.41. The van der Waals surface area contributed by atoms with Gasteiger partial charge in [0.2, 0.25) is 0 Å². The fraction of sp³-hybridized carbons (Fsp3) is 0.143. The number of benzene rings is 4. The number of barbiturate groups is 1. The van der Waals surface area contributed by atoms with Crippen LogP contribution in [0.5, 0.6) is 11.5 Å². The second-order valence-electron chi connectivity index (χ2n) is 10.1. The molecule has 0 saturated carbocycles. The number of amides is 5. The van der Waals surface area contributed by atoms with Gasteiger partial charge in [0.25, 0.3) is 17.7 Å². The minimum Gasteiger partial charge on any atom is -0.490 e. The zero-order valence-electron chi connectivity index (χ0n) is 24.9. The van der Waals surface area contributed by atoms with E-state index in [4.69, 9.17) is 21.1 Å². The quantitative estimate of drug-likeness (QED) is 0.160. The summed E-state index contributed by atoms with van der Waals surface area (Å²) in [5.74, 6) is -1.63. The summed E-state index contributed by atoms with van der Waals surface area (Å²) in [7, 11) is 0. The Labute approximate surface area is 265 Å². The van der Waals surface area contributed by atoms with Gasteiger partial charge in [-0.2, -0.15) is 0 Å². The first-order valence-electron chi connectivity index (χ1n) is 14.2. The Balaban J connectivity index is 1.47. The number of nitrogens with zero attached hydrogens (tertiary/aromatic N) is 2. The van der Waals surface area contributed by atoms with Gasteiger partial charge in [-0.3, -0.25) is 14.4 Å². The molecule has 5 amide bonds. The molecule has 1 aliphatic heterocycles. The number of urea groups is 1. The van der Waals surface area contributed by atoms with E-state index in [9.17, 15) is 19.2 Å². The van der Waals surface area contributed by atoms with Crippen LogP contribution in [0.3, 0.4) is 0 Å². The highest BCUT2D eigenvalue weighted by molar-refractivity contribution is 6.46. The van der Waals surface area contributed by atoms with Crippen LogP contribution >= 0.6 is 11.6 Å². The van der Waals surface area contributed by atoms with Crippen molar-refractivity contribution >= 4 is 58.5 Å². The van der Waals surface area contributed by atoms with E-state index in [0.29, 0.717) is 22.6 Å². The maximum atomic E-state index is 13.7. The summed E-state index contributed by atoms with van der Waals surface area (Å²) in [6.07, 6.45) is 1.36. The lowest BCUT2D eigenvalue weighted by molar-refractivity contribution is -0.121. The Morgan fingerprint density at radius 3 is 2.00 bits per heavy atom. The fourth-order valence-corrected chi connectivity index (χ4v) is 5.06. The number of imide groups is 2. The number of halogens is 1. The van der Waals surface area contributed by atoms with Crippen molar-refractivity contribution < 1.29 is 28.7 Å². The van der Waals surface area contributed by atoms with Crippen LogP contribution in [0.4, 0.5) is 21.9 Å². The number of carbonyl (C=O) groups is 4. The van der Waals surface area contributed by atoms with Gasteiger partial charge in [-0.15, -0.1) is 0 Å². The molecule has 1 fully saturated rings. The summed E-state index contributed by atoms with van der Waals surface area (Å²) in [5, 5.41) is 2.93. The molecule has 5 rings (SSSR count). The smallest absolute Gasteiger partial charge is 0.343 e. The molecule has 0 aromatic heterocycles. The lowest BCUT2D eigenvalue weighted by Crippen LogP contribution is -2.57. The van der Waals surface area contributed by atoms with E-state index >= 15 is 0 Å². The average Bonchev–Trinajstić information content (AvgIpc) is 3.02. The molecule has 4 aromatic rings. The summed E-state index contributed by atoms with van der Waals surface area (Å²) >= 11 is 6.61. The molecule has 9 nitrogen and oxygen atoms in total. The third-order valence-electron chi connectivity index (χ3n) is 7.15. The van der Waals surface area contributed by atoms with Gasteiger partial charge in [-0.1, -0.05) is 60.1 Å². The Morgan fingerprint density at radius 1 is 0.822 bits per heavy atom. The summed E-state index contributed by atoms with van der Waals surface area (Å²) in [6, 6.07) is 24.6. The van der Waals surface area contributed by atoms with Crippen molar-refractivity contribution in [1.82, 2.24) is 0 Å². The Kier molecular flexibility index (Phi) is 9.30. The molecule has 0 spiro atoms. The molecular formula is C35H30ClN3O6. The second-order valence-corrected chi connectivity index (χ2v) is 10.5. The number of rotatable bonds is 9. The molecule has 1 heterocycles. The maximum Gasteiger partial charge on any atom is 0.343 e. The molecule has 4 aromatic carbocycles. The third-order valence-corrected chi connectivity index (χ3v) is 7.43. The first kappa shape index (κ1) is 31.0. The molecule has 0 atom stereocenters. The van der Waals surface area contributed by atoms with Crippen LogP contribution in [0, 0.1) is 13.8 Å².